The molecule has 120 valence electrons. The van der Waals surface area contributed by atoms with E-state index in [1.165, 1.54) is 18.4 Å². The number of rotatable bonds is 1. The van der Waals surface area contributed by atoms with E-state index in [1.54, 1.807) is 7.11 Å². The van der Waals surface area contributed by atoms with Crippen molar-refractivity contribution in [1.82, 2.24) is 0 Å². The van der Waals surface area contributed by atoms with E-state index < -0.39 is 0 Å². The Bertz CT molecular complexity index is 572. The Labute approximate surface area is 134 Å². The lowest BCUT2D eigenvalue weighted by atomic mass is 9.49. The van der Waals surface area contributed by atoms with E-state index in [9.17, 15) is 4.79 Å². The number of fused-ring (bicyclic) bond motifs is 5. The molecule has 4 rings (SSSR count). The molecule has 2 heteroatoms. The normalized spacial score (nSPS) is 47.0. The van der Waals surface area contributed by atoms with Crippen molar-refractivity contribution in [1.29, 1.82) is 0 Å². The molecule has 0 spiro atoms. The zero-order valence-electron chi connectivity index (χ0n) is 14.2. The van der Waals surface area contributed by atoms with Gasteiger partial charge in [0.25, 0.3) is 0 Å². The van der Waals surface area contributed by atoms with Gasteiger partial charge in [-0.3, -0.25) is 4.79 Å². The number of hydrogen-bond acceptors (Lipinski definition) is 2. The highest BCUT2D eigenvalue weighted by Gasteiger charge is 2.58. The molecule has 5 atom stereocenters. The molecule has 0 saturated heterocycles. The molecule has 0 aromatic heterocycles. The summed E-state index contributed by atoms with van der Waals surface area (Å²) >= 11 is 0. The number of carbonyl (C=O) groups is 1. The number of ketones is 1. The van der Waals surface area contributed by atoms with Crippen LogP contribution >= 0.6 is 0 Å². The molecule has 0 unspecified atom stereocenters. The summed E-state index contributed by atoms with van der Waals surface area (Å²) in [5, 5.41) is 0. The van der Waals surface area contributed by atoms with Gasteiger partial charge in [0.05, 0.1) is 12.9 Å². The molecular formula is C20H28O2. The van der Waals surface area contributed by atoms with Gasteiger partial charge < -0.3 is 4.74 Å². The predicted octanol–water partition coefficient (Wildman–Crippen LogP) is 4.66. The van der Waals surface area contributed by atoms with Crippen LogP contribution in [0.4, 0.5) is 0 Å². The van der Waals surface area contributed by atoms with Gasteiger partial charge in [-0.05, 0) is 66.9 Å². The summed E-state index contributed by atoms with van der Waals surface area (Å²) in [4.78, 5) is 12.4. The monoisotopic (exact) mass is 300 g/mol. The standard InChI is InChI=1S/C20H28O2/c1-19-10-8-14(22-3)12-13(19)4-5-15-16-6-7-18(21)20(16,2)11-9-17(15)19/h4,12,15-17H,5-11H2,1-3H3/t15-,16+,17-,19+,20+/m1/s1. The van der Waals surface area contributed by atoms with Crippen LogP contribution in [0.2, 0.25) is 0 Å². The maximum absolute atomic E-state index is 12.4. The van der Waals surface area contributed by atoms with Crippen molar-refractivity contribution in [2.75, 3.05) is 7.11 Å². The van der Waals surface area contributed by atoms with Gasteiger partial charge >= 0.3 is 0 Å². The Kier molecular flexibility index (Phi) is 3.12. The van der Waals surface area contributed by atoms with Gasteiger partial charge in [0.1, 0.15) is 5.78 Å². The van der Waals surface area contributed by atoms with Crippen molar-refractivity contribution >= 4 is 5.78 Å². The summed E-state index contributed by atoms with van der Waals surface area (Å²) in [7, 11) is 1.79. The van der Waals surface area contributed by atoms with Crippen LogP contribution in [0, 0.1) is 28.6 Å². The average molecular weight is 300 g/mol. The minimum absolute atomic E-state index is 0.00886. The van der Waals surface area contributed by atoms with Crippen LogP contribution in [-0.4, -0.2) is 12.9 Å². The smallest absolute Gasteiger partial charge is 0.139 e. The Balaban J connectivity index is 1.71. The minimum Gasteiger partial charge on any atom is -0.501 e. The number of Topliss-reactive ketones (excluding diaryl/α,β-unsaturated/α-hetero) is 1. The second kappa shape index (κ2) is 4.72. The lowest BCUT2D eigenvalue weighted by Gasteiger charge is -2.55. The van der Waals surface area contributed by atoms with E-state index in [0.717, 1.165) is 49.7 Å². The first-order valence-corrected chi connectivity index (χ1v) is 8.97. The van der Waals surface area contributed by atoms with Gasteiger partial charge in [0.15, 0.2) is 0 Å². The quantitative estimate of drug-likeness (QED) is 0.704. The third-order valence-corrected chi connectivity index (χ3v) is 7.70. The van der Waals surface area contributed by atoms with Crippen LogP contribution in [0.25, 0.3) is 0 Å². The van der Waals surface area contributed by atoms with Crippen LogP contribution in [0.1, 0.15) is 58.8 Å². The van der Waals surface area contributed by atoms with Crippen molar-refractivity contribution in [3.63, 3.8) is 0 Å². The van der Waals surface area contributed by atoms with Crippen molar-refractivity contribution in [3.8, 4) is 0 Å². The fraction of sp³-hybridized carbons (Fsp3) is 0.750. The van der Waals surface area contributed by atoms with E-state index in [2.05, 4.69) is 26.0 Å². The molecule has 0 amide bonds. The van der Waals surface area contributed by atoms with E-state index in [1.807, 2.05) is 0 Å². The molecule has 0 heterocycles. The van der Waals surface area contributed by atoms with Crippen LogP contribution in [-0.2, 0) is 9.53 Å². The van der Waals surface area contributed by atoms with Crippen LogP contribution < -0.4 is 0 Å². The highest BCUT2D eigenvalue weighted by Crippen LogP contribution is 2.63. The number of carbonyl (C=O) groups excluding carboxylic acids is 1. The predicted molar refractivity (Wildman–Crippen MR) is 87.2 cm³/mol. The van der Waals surface area contributed by atoms with Crippen LogP contribution in [0.5, 0.6) is 0 Å². The number of methoxy groups -OCH3 is 1. The Hall–Kier alpha value is -1.05. The maximum Gasteiger partial charge on any atom is 0.139 e. The SMILES string of the molecule is COC1=CC2=CC[C@H]3[C@@H](CC[C@]4(C)C(=O)CC[C@@H]34)[C@@]2(C)CC1. The summed E-state index contributed by atoms with van der Waals surface area (Å²) in [5.41, 5.74) is 1.80. The van der Waals surface area contributed by atoms with E-state index in [-0.39, 0.29) is 5.41 Å². The lowest BCUT2D eigenvalue weighted by molar-refractivity contribution is -0.131. The summed E-state index contributed by atoms with van der Waals surface area (Å²) < 4.78 is 5.50. The van der Waals surface area contributed by atoms with Gasteiger partial charge in [0.2, 0.25) is 0 Å². The lowest BCUT2D eigenvalue weighted by Crippen LogP contribution is -2.49. The maximum atomic E-state index is 12.4. The molecule has 0 N–H and O–H groups in total. The minimum atomic E-state index is -0.00886. The van der Waals surface area contributed by atoms with Gasteiger partial charge in [0, 0.05) is 18.3 Å². The molecule has 0 radical (unpaired) electrons. The molecule has 2 nitrogen and oxygen atoms in total. The van der Waals surface area contributed by atoms with Gasteiger partial charge in [-0.2, -0.15) is 0 Å². The second-order valence-electron chi connectivity index (χ2n) is 8.42. The fourth-order valence-electron chi connectivity index (χ4n) is 6.23. The van der Waals surface area contributed by atoms with Gasteiger partial charge in [-0.15, -0.1) is 0 Å². The molecule has 2 fully saturated rings. The Morgan fingerprint density at radius 2 is 1.86 bits per heavy atom. The highest BCUT2D eigenvalue weighted by molar-refractivity contribution is 5.87. The van der Waals surface area contributed by atoms with Crippen LogP contribution in [0.3, 0.4) is 0 Å². The van der Waals surface area contributed by atoms with E-state index in [4.69, 9.17) is 4.74 Å². The third kappa shape index (κ3) is 1.76. The molecule has 4 aliphatic carbocycles. The van der Waals surface area contributed by atoms with Gasteiger partial charge in [-0.1, -0.05) is 19.9 Å². The Morgan fingerprint density at radius 1 is 1.09 bits per heavy atom. The largest absolute Gasteiger partial charge is 0.501 e. The van der Waals surface area contributed by atoms with Crippen molar-refractivity contribution in [3.05, 3.63) is 23.5 Å². The van der Waals surface area contributed by atoms with Crippen molar-refractivity contribution in [2.45, 2.75) is 58.8 Å². The zero-order chi connectivity index (χ0) is 15.5. The van der Waals surface area contributed by atoms with E-state index >= 15 is 0 Å². The van der Waals surface area contributed by atoms with E-state index in [0.29, 0.717) is 17.1 Å². The van der Waals surface area contributed by atoms with Crippen LogP contribution in [0.15, 0.2) is 23.5 Å². The fourth-order valence-corrected chi connectivity index (χ4v) is 6.23. The zero-order valence-corrected chi connectivity index (χ0v) is 14.2. The molecule has 0 aliphatic heterocycles. The summed E-state index contributed by atoms with van der Waals surface area (Å²) in [6.07, 6.45) is 12.5. The first-order chi connectivity index (χ1) is 10.5. The number of hydrogen-bond donors (Lipinski definition) is 0. The number of allylic oxidation sites excluding steroid dienone is 4. The molecule has 0 aromatic carbocycles. The molecule has 2 saturated carbocycles. The highest BCUT2D eigenvalue weighted by atomic mass is 16.5. The second-order valence-corrected chi connectivity index (χ2v) is 8.42. The third-order valence-electron chi connectivity index (χ3n) is 7.70. The molecule has 22 heavy (non-hydrogen) atoms. The summed E-state index contributed by atoms with van der Waals surface area (Å²) in [5.74, 6) is 3.78. The average Bonchev–Trinajstić information content (AvgIpc) is 2.82. The first kappa shape index (κ1) is 14.5. The first-order valence-electron chi connectivity index (χ1n) is 8.97. The van der Waals surface area contributed by atoms with Crippen molar-refractivity contribution in [2.24, 2.45) is 28.6 Å². The topological polar surface area (TPSA) is 26.3 Å². The Morgan fingerprint density at radius 3 is 2.64 bits per heavy atom. The molecular weight excluding hydrogens is 272 g/mol. The summed E-state index contributed by atoms with van der Waals surface area (Å²) in [6.45, 7) is 4.73. The molecule has 0 bridgehead atoms. The van der Waals surface area contributed by atoms with Gasteiger partial charge in [-0.25, -0.2) is 0 Å². The summed E-state index contributed by atoms with van der Waals surface area (Å²) in [6, 6.07) is 0. The number of ether oxygens (including phenoxy) is 1. The molecule has 0 aromatic rings. The van der Waals surface area contributed by atoms with Crippen molar-refractivity contribution < 1.29 is 9.53 Å². The molecule has 4 aliphatic rings.